The summed E-state index contributed by atoms with van der Waals surface area (Å²) in [6.07, 6.45) is 4.21. The summed E-state index contributed by atoms with van der Waals surface area (Å²) in [5, 5.41) is 3.89. The third kappa shape index (κ3) is 7.83. The molecule has 1 atom stereocenters. The van der Waals surface area contributed by atoms with Crippen molar-refractivity contribution in [1.29, 1.82) is 0 Å². The number of carbonyl (C=O) groups excluding carboxylic acids is 2. The molecule has 0 radical (unpaired) electrons. The van der Waals surface area contributed by atoms with Crippen LogP contribution in [0.3, 0.4) is 0 Å². The first-order valence-corrected chi connectivity index (χ1v) is 16.5. The Balaban J connectivity index is 1.72. The fourth-order valence-electron chi connectivity index (χ4n) is 4.98. The predicted octanol–water partition coefficient (Wildman–Crippen LogP) is 6.82. The molecule has 4 rings (SSSR count). The lowest BCUT2D eigenvalue weighted by Gasteiger charge is -2.34. The maximum absolute atomic E-state index is 14.2. The van der Waals surface area contributed by atoms with E-state index in [4.69, 9.17) is 23.2 Å². The number of amides is 2. The zero-order valence-electron chi connectivity index (χ0n) is 22.6. The van der Waals surface area contributed by atoms with Crippen LogP contribution in [0, 0.1) is 0 Å². The summed E-state index contributed by atoms with van der Waals surface area (Å²) in [4.78, 5) is 29.2. The highest BCUT2D eigenvalue weighted by atomic mass is 79.9. The number of anilines is 1. The molecule has 218 valence electrons. The van der Waals surface area contributed by atoms with Gasteiger partial charge < -0.3 is 10.2 Å². The summed E-state index contributed by atoms with van der Waals surface area (Å²) in [6.45, 7) is 1.32. The second kappa shape index (κ2) is 14.1. The predicted molar refractivity (Wildman–Crippen MR) is 167 cm³/mol. The molecule has 2 amide bonds. The van der Waals surface area contributed by atoms with E-state index in [0.717, 1.165) is 34.5 Å². The van der Waals surface area contributed by atoms with Crippen molar-refractivity contribution in [2.75, 3.05) is 10.8 Å². The minimum absolute atomic E-state index is 0.00495. The van der Waals surface area contributed by atoms with Gasteiger partial charge in [0, 0.05) is 27.1 Å². The van der Waals surface area contributed by atoms with Gasteiger partial charge in [-0.05, 0) is 73.4 Å². The lowest BCUT2D eigenvalue weighted by Crippen LogP contribution is -2.53. The molecule has 1 saturated carbocycles. The first-order chi connectivity index (χ1) is 19.6. The van der Waals surface area contributed by atoms with Crippen LogP contribution in [-0.4, -0.2) is 43.8 Å². The molecule has 11 heteroatoms. The monoisotopic (exact) mass is 679 g/mol. The van der Waals surface area contributed by atoms with Crippen molar-refractivity contribution >= 4 is 66.7 Å². The third-order valence-electron chi connectivity index (χ3n) is 7.17. The number of benzene rings is 3. The Kier molecular flexibility index (Phi) is 10.7. The van der Waals surface area contributed by atoms with Gasteiger partial charge in [0.05, 0.1) is 10.6 Å². The maximum atomic E-state index is 14.2. The molecule has 1 fully saturated rings. The summed E-state index contributed by atoms with van der Waals surface area (Å²) >= 11 is 16.0. The molecule has 0 aromatic heterocycles. The topological polar surface area (TPSA) is 86.8 Å². The minimum atomic E-state index is -4.13. The zero-order valence-corrected chi connectivity index (χ0v) is 26.5. The van der Waals surface area contributed by atoms with Crippen LogP contribution in [0.25, 0.3) is 0 Å². The van der Waals surface area contributed by atoms with Gasteiger partial charge in [0.25, 0.3) is 10.0 Å². The van der Waals surface area contributed by atoms with Crippen molar-refractivity contribution in [2.24, 2.45) is 0 Å². The summed E-state index contributed by atoms with van der Waals surface area (Å²) in [7, 11) is -4.13. The Hall–Kier alpha value is -2.59. The molecule has 7 nitrogen and oxygen atoms in total. The summed E-state index contributed by atoms with van der Waals surface area (Å²) < 4.78 is 29.6. The van der Waals surface area contributed by atoms with Gasteiger partial charge in [0.2, 0.25) is 11.8 Å². The third-order valence-corrected chi connectivity index (χ3v) is 10.1. The zero-order chi connectivity index (χ0) is 29.6. The largest absolute Gasteiger partial charge is 0.352 e. The van der Waals surface area contributed by atoms with E-state index in [-0.39, 0.29) is 23.4 Å². The van der Waals surface area contributed by atoms with Gasteiger partial charge in [-0.1, -0.05) is 83.2 Å². The normalized spacial score (nSPS) is 14.4. The number of nitrogens with one attached hydrogen (secondary N) is 1. The lowest BCUT2D eigenvalue weighted by atomic mass is 10.1. The molecule has 1 aliphatic carbocycles. The van der Waals surface area contributed by atoms with Crippen LogP contribution < -0.4 is 9.62 Å². The van der Waals surface area contributed by atoms with Gasteiger partial charge in [0.15, 0.2) is 0 Å². The Morgan fingerprint density at radius 3 is 2.27 bits per heavy atom. The van der Waals surface area contributed by atoms with Gasteiger partial charge >= 0.3 is 0 Å². The Labute approximate surface area is 260 Å². The summed E-state index contributed by atoms with van der Waals surface area (Å²) in [6, 6.07) is 18.8. The van der Waals surface area contributed by atoms with Crippen molar-refractivity contribution in [3.63, 3.8) is 0 Å². The Morgan fingerprint density at radius 2 is 1.66 bits per heavy atom. The summed E-state index contributed by atoms with van der Waals surface area (Å²) in [5.74, 6) is -0.800. The van der Waals surface area contributed by atoms with Crippen LogP contribution in [0.2, 0.25) is 10.0 Å². The fourth-order valence-corrected chi connectivity index (χ4v) is 7.14. The quantitative estimate of drug-likeness (QED) is 0.241. The lowest BCUT2D eigenvalue weighted by molar-refractivity contribution is -0.140. The molecule has 1 aliphatic rings. The molecule has 1 N–H and O–H groups in total. The highest BCUT2D eigenvalue weighted by Crippen LogP contribution is 2.28. The van der Waals surface area contributed by atoms with Crippen molar-refractivity contribution in [2.45, 2.75) is 62.6 Å². The van der Waals surface area contributed by atoms with Crippen LogP contribution in [0.5, 0.6) is 0 Å². The van der Waals surface area contributed by atoms with E-state index in [1.54, 1.807) is 60.7 Å². The van der Waals surface area contributed by atoms with E-state index in [1.165, 1.54) is 17.0 Å². The summed E-state index contributed by atoms with van der Waals surface area (Å²) in [5.41, 5.74) is 0.913. The first kappa shape index (κ1) is 31.3. The second-order valence-electron chi connectivity index (χ2n) is 9.97. The van der Waals surface area contributed by atoms with E-state index in [0.29, 0.717) is 27.7 Å². The molecule has 0 saturated heterocycles. The molecule has 0 unspecified atom stereocenters. The van der Waals surface area contributed by atoms with Gasteiger partial charge in [-0.3, -0.25) is 13.9 Å². The van der Waals surface area contributed by atoms with Gasteiger partial charge in [0.1, 0.15) is 12.6 Å². The number of sulfonamides is 1. The second-order valence-corrected chi connectivity index (χ2v) is 13.6. The highest BCUT2D eigenvalue weighted by Gasteiger charge is 2.34. The van der Waals surface area contributed by atoms with Crippen LogP contribution in [-0.2, 0) is 26.2 Å². The molecule has 0 spiro atoms. The number of hydrogen-bond acceptors (Lipinski definition) is 4. The average Bonchev–Trinajstić information content (AvgIpc) is 3.46. The molecule has 0 bridgehead atoms. The molecular weight excluding hydrogens is 649 g/mol. The van der Waals surface area contributed by atoms with Gasteiger partial charge in [-0.25, -0.2) is 8.42 Å². The number of halogens is 3. The van der Waals surface area contributed by atoms with Crippen LogP contribution in [0.1, 0.15) is 44.6 Å². The van der Waals surface area contributed by atoms with Crippen molar-refractivity contribution < 1.29 is 18.0 Å². The van der Waals surface area contributed by atoms with Crippen molar-refractivity contribution in [1.82, 2.24) is 10.2 Å². The standard InChI is InChI=1S/C30H32BrCl2N3O4S/c1-2-28(30(38)34-24-8-6-7-9-24)35(19-21-12-15-23(32)18-27(21)33)29(37)20-36(25-16-13-22(31)14-17-25)41(39,40)26-10-4-3-5-11-26/h3-5,10-18,24,28H,2,6-9,19-20H2,1H3,(H,34,38)/t28-/m0/s1. The first-order valence-electron chi connectivity index (χ1n) is 13.5. The van der Waals surface area contributed by atoms with Gasteiger partial charge in [-0.15, -0.1) is 0 Å². The fraction of sp³-hybridized carbons (Fsp3) is 0.333. The van der Waals surface area contributed by atoms with E-state index in [2.05, 4.69) is 21.2 Å². The average molecular weight is 681 g/mol. The number of hydrogen-bond donors (Lipinski definition) is 1. The van der Waals surface area contributed by atoms with Crippen molar-refractivity contribution in [3.8, 4) is 0 Å². The molecule has 3 aromatic carbocycles. The number of carbonyl (C=O) groups is 2. The Morgan fingerprint density at radius 1 is 1.00 bits per heavy atom. The molecular formula is C30H32BrCl2N3O4S. The van der Waals surface area contributed by atoms with E-state index in [1.807, 2.05) is 6.92 Å². The van der Waals surface area contributed by atoms with Crippen molar-refractivity contribution in [3.05, 3.63) is 92.9 Å². The molecule has 3 aromatic rings. The molecule has 0 aliphatic heterocycles. The minimum Gasteiger partial charge on any atom is -0.352 e. The molecule has 0 heterocycles. The number of rotatable bonds is 11. The Bertz CT molecular complexity index is 1470. The smallest absolute Gasteiger partial charge is 0.264 e. The van der Waals surface area contributed by atoms with Crippen LogP contribution in [0.4, 0.5) is 5.69 Å². The highest BCUT2D eigenvalue weighted by molar-refractivity contribution is 9.10. The maximum Gasteiger partial charge on any atom is 0.264 e. The van der Waals surface area contributed by atoms with E-state index in [9.17, 15) is 18.0 Å². The van der Waals surface area contributed by atoms with Crippen LogP contribution in [0.15, 0.2) is 82.2 Å². The van der Waals surface area contributed by atoms with Gasteiger partial charge in [-0.2, -0.15) is 0 Å². The van der Waals surface area contributed by atoms with E-state index >= 15 is 0 Å². The number of nitrogens with zero attached hydrogens (tertiary/aromatic N) is 2. The SMILES string of the molecule is CC[C@@H](C(=O)NC1CCCC1)N(Cc1ccc(Cl)cc1Cl)C(=O)CN(c1ccc(Br)cc1)S(=O)(=O)c1ccccc1. The van der Waals surface area contributed by atoms with E-state index < -0.39 is 28.5 Å². The molecule has 41 heavy (non-hydrogen) atoms. The van der Waals surface area contributed by atoms with Crippen LogP contribution >= 0.6 is 39.1 Å².